The van der Waals surface area contributed by atoms with E-state index >= 15 is 0 Å². The minimum absolute atomic E-state index is 0.142. The van der Waals surface area contributed by atoms with Gasteiger partial charge in [0.05, 0.1) is 0 Å². The molecule has 4 heteroatoms. The van der Waals surface area contributed by atoms with Crippen molar-refractivity contribution in [3.63, 3.8) is 0 Å². The van der Waals surface area contributed by atoms with Gasteiger partial charge in [0, 0.05) is 24.5 Å². The predicted octanol–water partition coefficient (Wildman–Crippen LogP) is 1.94. The summed E-state index contributed by atoms with van der Waals surface area (Å²) in [6.07, 6.45) is 5.15. The standard InChI is InChI=1S/C11H18BrNO2/c12-9-3-1-6-13(7-5-9)11(14)10-4-2-8-15-10/h9-10H,1-8H2. The minimum atomic E-state index is -0.142. The average Bonchev–Trinajstić information content (AvgIpc) is 2.67. The lowest BCUT2D eigenvalue weighted by Crippen LogP contribution is -2.39. The number of ether oxygens (including phenoxy) is 1. The van der Waals surface area contributed by atoms with E-state index in [9.17, 15) is 4.79 Å². The van der Waals surface area contributed by atoms with Crippen molar-refractivity contribution in [3.05, 3.63) is 0 Å². The molecule has 2 heterocycles. The molecule has 15 heavy (non-hydrogen) atoms. The molecule has 0 spiro atoms. The molecule has 0 aromatic carbocycles. The van der Waals surface area contributed by atoms with Crippen LogP contribution in [0.3, 0.4) is 0 Å². The third kappa shape index (κ3) is 2.94. The van der Waals surface area contributed by atoms with Crippen LogP contribution in [0.1, 0.15) is 32.1 Å². The molecule has 86 valence electrons. The first-order valence-electron chi connectivity index (χ1n) is 5.82. The predicted molar refractivity (Wildman–Crippen MR) is 62.1 cm³/mol. The van der Waals surface area contributed by atoms with Gasteiger partial charge in [-0.05, 0) is 32.1 Å². The van der Waals surface area contributed by atoms with Crippen LogP contribution in [0, 0.1) is 0 Å². The Bertz CT molecular complexity index is 229. The lowest BCUT2D eigenvalue weighted by molar-refractivity contribution is -0.140. The molecular formula is C11H18BrNO2. The number of hydrogen-bond acceptors (Lipinski definition) is 2. The van der Waals surface area contributed by atoms with Crippen molar-refractivity contribution >= 4 is 21.8 Å². The third-order valence-corrected chi connectivity index (χ3v) is 4.09. The number of nitrogens with zero attached hydrogens (tertiary/aromatic N) is 1. The van der Waals surface area contributed by atoms with E-state index in [1.165, 1.54) is 6.42 Å². The molecule has 0 aromatic rings. The van der Waals surface area contributed by atoms with Gasteiger partial charge in [-0.2, -0.15) is 0 Å². The summed E-state index contributed by atoms with van der Waals surface area (Å²) in [5.41, 5.74) is 0. The molecule has 2 unspecified atom stereocenters. The number of hydrogen-bond donors (Lipinski definition) is 0. The molecule has 0 aliphatic carbocycles. The van der Waals surface area contributed by atoms with Crippen LogP contribution >= 0.6 is 15.9 Å². The molecule has 0 radical (unpaired) electrons. The normalized spacial score (nSPS) is 32.7. The van der Waals surface area contributed by atoms with Crippen molar-refractivity contribution in [2.75, 3.05) is 19.7 Å². The van der Waals surface area contributed by atoms with E-state index in [4.69, 9.17) is 4.74 Å². The fraction of sp³-hybridized carbons (Fsp3) is 0.909. The number of likely N-dealkylation sites (tertiary alicyclic amines) is 1. The molecule has 2 aliphatic heterocycles. The molecule has 2 fully saturated rings. The van der Waals surface area contributed by atoms with Gasteiger partial charge in [-0.25, -0.2) is 0 Å². The van der Waals surface area contributed by atoms with Crippen LogP contribution in [0.15, 0.2) is 0 Å². The Morgan fingerprint density at radius 1 is 1.20 bits per heavy atom. The number of carbonyl (C=O) groups excluding carboxylic acids is 1. The average molecular weight is 276 g/mol. The van der Waals surface area contributed by atoms with Crippen LogP contribution in [-0.4, -0.2) is 41.4 Å². The Morgan fingerprint density at radius 3 is 2.80 bits per heavy atom. The Kier molecular flexibility index (Phi) is 4.03. The van der Waals surface area contributed by atoms with Crippen LogP contribution in [0.5, 0.6) is 0 Å². The Morgan fingerprint density at radius 2 is 2.07 bits per heavy atom. The molecule has 0 N–H and O–H groups in total. The monoisotopic (exact) mass is 275 g/mol. The zero-order valence-electron chi connectivity index (χ0n) is 8.95. The summed E-state index contributed by atoms with van der Waals surface area (Å²) in [5, 5.41) is 0. The summed E-state index contributed by atoms with van der Waals surface area (Å²) in [4.78, 5) is 14.6. The number of carbonyl (C=O) groups is 1. The van der Waals surface area contributed by atoms with Crippen LogP contribution in [-0.2, 0) is 9.53 Å². The van der Waals surface area contributed by atoms with E-state index in [2.05, 4.69) is 15.9 Å². The van der Waals surface area contributed by atoms with Crippen molar-refractivity contribution in [2.45, 2.75) is 43.0 Å². The Hall–Kier alpha value is -0.0900. The van der Waals surface area contributed by atoms with Crippen molar-refractivity contribution in [2.24, 2.45) is 0 Å². The highest BCUT2D eigenvalue weighted by Gasteiger charge is 2.29. The first kappa shape index (κ1) is 11.4. The van der Waals surface area contributed by atoms with Gasteiger partial charge in [0.25, 0.3) is 5.91 Å². The molecule has 2 aliphatic rings. The second-order valence-electron chi connectivity index (χ2n) is 4.36. The topological polar surface area (TPSA) is 29.5 Å². The van der Waals surface area contributed by atoms with E-state index in [1.807, 2.05) is 4.90 Å². The first-order valence-corrected chi connectivity index (χ1v) is 6.73. The lowest BCUT2D eigenvalue weighted by atomic mass is 10.2. The number of rotatable bonds is 1. The van der Waals surface area contributed by atoms with Crippen molar-refractivity contribution in [3.8, 4) is 0 Å². The molecule has 1 amide bonds. The maximum atomic E-state index is 12.0. The molecular weight excluding hydrogens is 258 g/mol. The second kappa shape index (κ2) is 5.30. The van der Waals surface area contributed by atoms with Crippen LogP contribution in [0.4, 0.5) is 0 Å². The fourth-order valence-corrected chi connectivity index (χ4v) is 2.78. The Balaban J connectivity index is 1.88. The maximum Gasteiger partial charge on any atom is 0.251 e. The molecule has 2 saturated heterocycles. The molecule has 2 rings (SSSR count). The summed E-state index contributed by atoms with van der Waals surface area (Å²) in [6, 6.07) is 0. The van der Waals surface area contributed by atoms with Gasteiger partial charge in [0.2, 0.25) is 0 Å². The van der Waals surface area contributed by atoms with Crippen molar-refractivity contribution in [1.29, 1.82) is 0 Å². The van der Waals surface area contributed by atoms with E-state index in [0.29, 0.717) is 4.83 Å². The zero-order valence-corrected chi connectivity index (χ0v) is 10.5. The number of amides is 1. The molecule has 2 atom stereocenters. The van der Waals surface area contributed by atoms with Crippen molar-refractivity contribution in [1.82, 2.24) is 4.90 Å². The smallest absolute Gasteiger partial charge is 0.251 e. The zero-order chi connectivity index (χ0) is 10.7. The maximum absolute atomic E-state index is 12.0. The SMILES string of the molecule is O=C(C1CCCO1)N1CCCC(Br)CC1. The molecule has 0 saturated carbocycles. The Labute approximate surface area is 99.3 Å². The van der Waals surface area contributed by atoms with Gasteiger partial charge >= 0.3 is 0 Å². The van der Waals surface area contributed by atoms with E-state index in [-0.39, 0.29) is 12.0 Å². The fourth-order valence-electron chi connectivity index (χ4n) is 2.25. The second-order valence-corrected chi connectivity index (χ2v) is 5.65. The third-order valence-electron chi connectivity index (χ3n) is 3.17. The van der Waals surface area contributed by atoms with E-state index in [1.54, 1.807) is 0 Å². The molecule has 0 bridgehead atoms. The summed E-state index contributed by atoms with van der Waals surface area (Å²) >= 11 is 3.63. The highest BCUT2D eigenvalue weighted by molar-refractivity contribution is 9.09. The summed E-state index contributed by atoms with van der Waals surface area (Å²) in [5.74, 6) is 0.217. The summed E-state index contributed by atoms with van der Waals surface area (Å²) < 4.78 is 5.43. The van der Waals surface area contributed by atoms with E-state index in [0.717, 1.165) is 45.4 Å². The van der Waals surface area contributed by atoms with Gasteiger partial charge in [0.1, 0.15) is 6.10 Å². The van der Waals surface area contributed by atoms with Crippen LogP contribution in [0.25, 0.3) is 0 Å². The lowest BCUT2D eigenvalue weighted by Gasteiger charge is -2.23. The highest BCUT2D eigenvalue weighted by atomic mass is 79.9. The van der Waals surface area contributed by atoms with Gasteiger partial charge in [-0.3, -0.25) is 4.79 Å². The number of halogens is 1. The molecule has 3 nitrogen and oxygen atoms in total. The van der Waals surface area contributed by atoms with Gasteiger partial charge in [-0.1, -0.05) is 15.9 Å². The largest absolute Gasteiger partial charge is 0.368 e. The highest BCUT2D eigenvalue weighted by Crippen LogP contribution is 2.21. The van der Waals surface area contributed by atoms with Gasteiger partial charge in [0.15, 0.2) is 0 Å². The van der Waals surface area contributed by atoms with Crippen molar-refractivity contribution < 1.29 is 9.53 Å². The minimum Gasteiger partial charge on any atom is -0.368 e. The summed E-state index contributed by atoms with van der Waals surface area (Å²) in [6.45, 7) is 2.54. The van der Waals surface area contributed by atoms with Crippen LogP contribution < -0.4 is 0 Å². The van der Waals surface area contributed by atoms with E-state index < -0.39 is 0 Å². The first-order chi connectivity index (χ1) is 7.27. The quantitative estimate of drug-likeness (QED) is 0.685. The number of alkyl halides is 1. The van der Waals surface area contributed by atoms with Crippen LogP contribution in [0.2, 0.25) is 0 Å². The van der Waals surface area contributed by atoms with Gasteiger partial charge < -0.3 is 9.64 Å². The van der Waals surface area contributed by atoms with Gasteiger partial charge in [-0.15, -0.1) is 0 Å². The summed E-state index contributed by atoms with van der Waals surface area (Å²) in [7, 11) is 0. The molecule has 0 aromatic heterocycles.